The number of ether oxygens (including phenoxy) is 1. The van der Waals surface area contributed by atoms with E-state index in [0.717, 1.165) is 12.4 Å². The van der Waals surface area contributed by atoms with E-state index in [0.29, 0.717) is 25.0 Å². The van der Waals surface area contributed by atoms with Crippen molar-refractivity contribution in [3.05, 3.63) is 35.4 Å². The van der Waals surface area contributed by atoms with Crippen LogP contribution in [0.5, 0.6) is 0 Å². The number of carbonyl (C=O) groups is 1. The third-order valence-electron chi connectivity index (χ3n) is 4.01. The first-order chi connectivity index (χ1) is 11.8. The number of alkyl carbamates (subject to hydrolysis) is 1. The number of nitrogens with zero attached hydrogens (tertiary/aromatic N) is 1. The maximum atomic E-state index is 11.6. The van der Waals surface area contributed by atoms with Crippen LogP contribution in [0.3, 0.4) is 0 Å². The van der Waals surface area contributed by atoms with E-state index in [9.17, 15) is 4.79 Å². The van der Waals surface area contributed by atoms with Crippen LogP contribution in [0.15, 0.2) is 29.3 Å². The lowest BCUT2D eigenvalue weighted by molar-refractivity contribution is 0.0529. The summed E-state index contributed by atoms with van der Waals surface area (Å²) in [6.07, 6.45) is 0.709. The van der Waals surface area contributed by atoms with Gasteiger partial charge >= 0.3 is 6.09 Å². The average Bonchev–Trinajstić information content (AvgIpc) is 3.28. The maximum absolute atomic E-state index is 11.6. The van der Waals surface area contributed by atoms with E-state index < -0.39 is 11.7 Å². The molecule has 1 aromatic carbocycles. The third-order valence-corrected chi connectivity index (χ3v) is 4.01. The van der Waals surface area contributed by atoms with E-state index in [-0.39, 0.29) is 0 Å². The minimum Gasteiger partial charge on any atom is -0.444 e. The molecule has 0 aromatic heterocycles. The molecule has 6 heteroatoms. The van der Waals surface area contributed by atoms with Crippen molar-refractivity contribution in [1.82, 2.24) is 16.0 Å². The Bertz CT molecular complexity index is 622. The van der Waals surface area contributed by atoms with Gasteiger partial charge in [-0.1, -0.05) is 24.3 Å². The number of guanidine groups is 1. The van der Waals surface area contributed by atoms with Crippen LogP contribution in [0.1, 0.15) is 44.2 Å². The Balaban J connectivity index is 1.69. The largest absolute Gasteiger partial charge is 0.444 e. The lowest BCUT2D eigenvalue weighted by Crippen LogP contribution is -2.43. The molecule has 25 heavy (non-hydrogen) atoms. The molecule has 1 saturated carbocycles. The second-order valence-corrected chi connectivity index (χ2v) is 7.38. The molecule has 2 atom stereocenters. The number of hydrogen-bond donors (Lipinski definition) is 3. The molecule has 1 amide bonds. The minimum atomic E-state index is -0.480. The highest BCUT2D eigenvalue weighted by atomic mass is 16.6. The van der Waals surface area contributed by atoms with Crippen molar-refractivity contribution in [3.8, 4) is 0 Å². The fraction of sp³-hybridized carbons (Fsp3) is 0.579. The van der Waals surface area contributed by atoms with Crippen molar-refractivity contribution in [3.63, 3.8) is 0 Å². The summed E-state index contributed by atoms with van der Waals surface area (Å²) in [4.78, 5) is 15.8. The van der Waals surface area contributed by atoms with Crippen molar-refractivity contribution in [1.29, 1.82) is 0 Å². The summed E-state index contributed by atoms with van der Waals surface area (Å²) < 4.78 is 5.20. The predicted molar refractivity (Wildman–Crippen MR) is 101 cm³/mol. The second-order valence-electron chi connectivity index (χ2n) is 7.38. The van der Waals surface area contributed by atoms with E-state index >= 15 is 0 Å². The molecule has 6 nitrogen and oxygen atoms in total. The zero-order valence-corrected chi connectivity index (χ0v) is 15.8. The standard InChI is InChI=1S/C19H30N4O2/c1-13-8-6-7-9-14(13)15-12-16(15)23-17(20-5)21-10-11-22-18(24)25-19(2,3)4/h6-9,15-16H,10-12H2,1-5H3,(H,22,24)(H2,20,21,23). The second kappa shape index (κ2) is 8.23. The molecule has 1 aromatic rings. The summed E-state index contributed by atoms with van der Waals surface area (Å²) in [5.41, 5.74) is 2.26. The first-order valence-corrected chi connectivity index (χ1v) is 8.79. The number of amides is 1. The molecule has 138 valence electrons. The van der Waals surface area contributed by atoms with Crippen LogP contribution in [0.4, 0.5) is 4.79 Å². The number of aryl methyl sites for hydroxylation is 1. The molecule has 0 radical (unpaired) electrons. The van der Waals surface area contributed by atoms with Crippen LogP contribution in [0, 0.1) is 6.92 Å². The van der Waals surface area contributed by atoms with Gasteiger partial charge in [0, 0.05) is 32.1 Å². The SMILES string of the molecule is CN=C(NCCNC(=O)OC(C)(C)C)NC1CC1c1ccccc1C. The van der Waals surface area contributed by atoms with Gasteiger partial charge in [-0.15, -0.1) is 0 Å². The molecule has 2 unspecified atom stereocenters. The number of carbonyl (C=O) groups excluding carboxylic acids is 1. The van der Waals surface area contributed by atoms with Crippen molar-refractivity contribution < 1.29 is 9.53 Å². The summed E-state index contributed by atoms with van der Waals surface area (Å²) in [7, 11) is 1.75. The lowest BCUT2D eigenvalue weighted by Gasteiger charge is -2.20. The van der Waals surface area contributed by atoms with Gasteiger partial charge in [-0.3, -0.25) is 4.99 Å². The van der Waals surface area contributed by atoms with Crippen LogP contribution in [-0.4, -0.2) is 43.8 Å². The molecule has 0 aliphatic heterocycles. The van der Waals surface area contributed by atoms with Gasteiger partial charge in [0.2, 0.25) is 0 Å². The highest BCUT2D eigenvalue weighted by Crippen LogP contribution is 2.41. The minimum absolute atomic E-state index is 0.404. The maximum Gasteiger partial charge on any atom is 0.407 e. The summed E-state index contributed by atoms with van der Waals surface area (Å²) in [6.45, 7) is 8.74. The van der Waals surface area contributed by atoms with Crippen molar-refractivity contribution in [2.24, 2.45) is 4.99 Å². The van der Waals surface area contributed by atoms with E-state index in [4.69, 9.17) is 4.74 Å². The van der Waals surface area contributed by atoms with Gasteiger partial charge in [-0.05, 0) is 45.2 Å². The van der Waals surface area contributed by atoms with Crippen LogP contribution < -0.4 is 16.0 Å². The van der Waals surface area contributed by atoms with Crippen molar-refractivity contribution in [2.75, 3.05) is 20.1 Å². The molecule has 1 fully saturated rings. The Hall–Kier alpha value is -2.24. The topological polar surface area (TPSA) is 74.8 Å². The average molecular weight is 346 g/mol. The first-order valence-electron chi connectivity index (χ1n) is 8.79. The smallest absolute Gasteiger partial charge is 0.407 e. The Morgan fingerprint density at radius 3 is 2.56 bits per heavy atom. The van der Waals surface area contributed by atoms with Crippen molar-refractivity contribution in [2.45, 2.75) is 51.7 Å². The van der Waals surface area contributed by atoms with Gasteiger partial charge in [0.05, 0.1) is 0 Å². The molecule has 0 spiro atoms. The Labute approximate surface area is 150 Å². The third kappa shape index (κ3) is 6.29. The summed E-state index contributed by atoms with van der Waals surface area (Å²) >= 11 is 0. The molecule has 1 aliphatic rings. The summed E-state index contributed by atoms with van der Waals surface area (Å²) in [5.74, 6) is 1.30. The van der Waals surface area contributed by atoms with Gasteiger partial charge < -0.3 is 20.7 Å². The monoisotopic (exact) mass is 346 g/mol. The Kier molecular flexibility index (Phi) is 6.28. The predicted octanol–water partition coefficient (Wildman–Crippen LogP) is 2.54. The number of rotatable bonds is 5. The Morgan fingerprint density at radius 1 is 1.24 bits per heavy atom. The van der Waals surface area contributed by atoms with Gasteiger partial charge in [0.15, 0.2) is 5.96 Å². The van der Waals surface area contributed by atoms with Gasteiger partial charge in [0.1, 0.15) is 5.60 Å². The normalized spacial score (nSPS) is 20.0. The zero-order valence-electron chi connectivity index (χ0n) is 15.8. The fourth-order valence-corrected chi connectivity index (χ4v) is 2.73. The molecular formula is C19H30N4O2. The molecular weight excluding hydrogens is 316 g/mol. The fourth-order valence-electron chi connectivity index (χ4n) is 2.73. The van der Waals surface area contributed by atoms with Crippen LogP contribution in [-0.2, 0) is 4.74 Å². The van der Waals surface area contributed by atoms with Crippen LogP contribution >= 0.6 is 0 Å². The highest BCUT2D eigenvalue weighted by molar-refractivity contribution is 5.80. The molecule has 0 bridgehead atoms. The number of nitrogens with one attached hydrogen (secondary N) is 3. The summed E-state index contributed by atoms with van der Waals surface area (Å²) in [6, 6.07) is 8.92. The van der Waals surface area contributed by atoms with Crippen LogP contribution in [0.25, 0.3) is 0 Å². The van der Waals surface area contributed by atoms with Gasteiger partial charge in [0.25, 0.3) is 0 Å². The molecule has 0 saturated heterocycles. The Morgan fingerprint density at radius 2 is 1.92 bits per heavy atom. The molecule has 3 N–H and O–H groups in total. The van der Waals surface area contributed by atoms with E-state index in [1.807, 2.05) is 20.8 Å². The lowest BCUT2D eigenvalue weighted by atomic mass is 10.0. The molecule has 1 aliphatic carbocycles. The molecule has 2 rings (SSSR count). The number of aliphatic imine (C=N–C) groups is 1. The quantitative estimate of drug-likeness (QED) is 0.435. The van der Waals surface area contributed by atoms with E-state index in [1.54, 1.807) is 7.05 Å². The number of hydrogen-bond acceptors (Lipinski definition) is 3. The van der Waals surface area contributed by atoms with Crippen LogP contribution in [0.2, 0.25) is 0 Å². The molecule has 0 heterocycles. The highest BCUT2D eigenvalue weighted by Gasteiger charge is 2.39. The van der Waals surface area contributed by atoms with Crippen molar-refractivity contribution >= 4 is 12.1 Å². The zero-order chi connectivity index (χ0) is 18.4. The first kappa shape index (κ1) is 19.1. The van der Waals surface area contributed by atoms with E-state index in [1.165, 1.54) is 11.1 Å². The summed E-state index contributed by atoms with van der Waals surface area (Å²) in [5, 5.41) is 9.38. The number of benzene rings is 1. The van der Waals surface area contributed by atoms with E-state index in [2.05, 4.69) is 52.1 Å². The van der Waals surface area contributed by atoms with Gasteiger partial charge in [-0.25, -0.2) is 4.79 Å². The van der Waals surface area contributed by atoms with Gasteiger partial charge in [-0.2, -0.15) is 0 Å².